The molecule has 0 bridgehead atoms. The average molecular weight is 353 g/mol. The van der Waals surface area contributed by atoms with E-state index in [1.807, 2.05) is 74.5 Å². The largest absolute Gasteiger partial charge is 0.350 e. The third kappa shape index (κ3) is 6.01. The van der Waals surface area contributed by atoms with Gasteiger partial charge < -0.3 is 16.4 Å². The van der Waals surface area contributed by atoms with Crippen LogP contribution in [0.4, 0.5) is 0 Å². The van der Waals surface area contributed by atoms with Gasteiger partial charge in [0.2, 0.25) is 11.8 Å². The van der Waals surface area contributed by atoms with E-state index in [1.165, 1.54) is 0 Å². The molecule has 2 rings (SSSR count). The first-order valence-electron chi connectivity index (χ1n) is 8.89. The van der Waals surface area contributed by atoms with Gasteiger partial charge in [0.1, 0.15) is 6.04 Å². The van der Waals surface area contributed by atoms with Crippen molar-refractivity contribution in [1.29, 1.82) is 0 Å². The van der Waals surface area contributed by atoms with E-state index in [4.69, 9.17) is 5.73 Å². The molecule has 0 saturated heterocycles. The first kappa shape index (κ1) is 19.7. The molecular formula is C21H27N3O2. The highest BCUT2D eigenvalue weighted by molar-refractivity contribution is 5.90. The Morgan fingerprint density at radius 1 is 0.885 bits per heavy atom. The van der Waals surface area contributed by atoms with Gasteiger partial charge in [-0.2, -0.15) is 0 Å². The van der Waals surface area contributed by atoms with Gasteiger partial charge in [-0.3, -0.25) is 9.59 Å². The number of carbonyl (C=O) groups is 2. The van der Waals surface area contributed by atoms with Crippen LogP contribution in [0.5, 0.6) is 0 Å². The maximum atomic E-state index is 12.7. The van der Waals surface area contributed by atoms with Crippen LogP contribution in [0.1, 0.15) is 25.0 Å². The van der Waals surface area contributed by atoms with Gasteiger partial charge in [-0.25, -0.2) is 0 Å². The van der Waals surface area contributed by atoms with Crippen LogP contribution in [0.15, 0.2) is 60.7 Å². The number of amides is 2. The van der Waals surface area contributed by atoms with Crippen LogP contribution < -0.4 is 16.4 Å². The summed E-state index contributed by atoms with van der Waals surface area (Å²) in [6, 6.07) is 18.0. The normalized spacial score (nSPS) is 13.1. The van der Waals surface area contributed by atoms with Gasteiger partial charge in [-0.15, -0.1) is 0 Å². The van der Waals surface area contributed by atoms with Crippen molar-refractivity contribution in [3.8, 4) is 0 Å². The van der Waals surface area contributed by atoms with Crippen LogP contribution in [0.2, 0.25) is 0 Å². The van der Waals surface area contributed by atoms with Gasteiger partial charge in [0.15, 0.2) is 0 Å². The SMILES string of the molecule is CC(C)[C@@H](N)C(=O)N[C@@H](Cc1ccccc1)C(=O)NCc1ccccc1. The van der Waals surface area contributed by atoms with Crippen molar-refractivity contribution in [1.82, 2.24) is 10.6 Å². The summed E-state index contributed by atoms with van der Waals surface area (Å²) in [7, 11) is 0. The van der Waals surface area contributed by atoms with Gasteiger partial charge >= 0.3 is 0 Å². The number of carbonyl (C=O) groups excluding carboxylic acids is 2. The summed E-state index contributed by atoms with van der Waals surface area (Å²) >= 11 is 0. The van der Waals surface area contributed by atoms with Crippen LogP contribution in [-0.4, -0.2) is 23.9 Å². The molecule has 2 atom stereocenters. The zero-order chi connectivity index (χ0) is 18.9. The summed E-state index contributed by atoms with van der Waals surface area (Å²) in [5, 5.41) is 5.71. The van der Waals surface area contributed by atoms with Gasteiger partial charge in [0.05, 0.1) is 6.04 Å². The third-order valence-corrected chi connectivity index (χ3v) is 4.25. The Morgan fingerprint density at radius 3 is 1.96 bits per heavy atom. The second-order valence-electron chi connectivity index (χ2n) is 6.72. The van der Waals surface area contributed by atoms with Crippen LogP contribution in [0.3, 0.4) is 0 Å². The average Bonchev–Trinajstić information content (AvgIpc) is 2.66. The van der Waals surface area contributed by atoms with Gasteiger partial charge in [0, 0.05) is 13.0 Å². The molecule has 5 nitrogen and oxygen atoms in total. The Bertz CT molecular complexity index is 702. The van der Waals surface area contributed by atoms with Crippen molar-refractivity contribution in [3.05, 3.63) is 71.8 Å². The minimum absolute atomic E-state index is 0.000227. The Morgan fingerprint density at radius 2 is 1.42 bits per heavy atom. The fraction of sp³-hybridized carbons (Fsp3) is 0.333. The molecular weight excluding hydrogens is 326 g/mol. The van der Waals surface area contributed by atoms with Crippen LogP contribution in [0.25, 0.3) is 0 Å². The zero-order valence-corrected chi connectivity index (χ0v) is 15.3. The lowest BCUT2D eigenvalue weighted by Gasteiger charge is -2.22. The molecule has 0 aliphatic carbocycles. The highest BCUT2D eigenvalue weighted by Gasteiger charge is 2.25. The molecule has 0 aromatic heterocycles. The second kappa shape index (κ2) is 9.73. The fourth-order valence-electron chi connectivity index (χ4n) is 2.54. The van der Waals surface area contributed by atoms with E-state index in [9.17, 15) is 9.59 Å². The number of hydrogen-bond acceptors (Lipinski definition) is 3. The molecule has 0 unspecified atom stereocenters. The van der Waals surface area contributed by atoms with Gasteiger partial charge in [-0.1, -0.05) is 74.5 Å². The fourth-order valence-corrected chi connectivity index (χ4v) is 2.54. The van der Waals surface area contributed by atoms with Crippen LogP contribution in [0, 0.1) is 5.92 Å². The summed E-state index contributed by atoms with van der Waals surface area (Å²) < 4.78 is 0. The van der Waals surface area contributed by atoms with Crippen molar-refractivity contribution in [3.63, 3.8) is 0 Å². The number of nitrogens with one attached hydrogen (secondary N) is 2. The van der Waals surface area contributed by atoms with Crippen LogP contribution in [-0.2, 0) is 22.6 Å². The molecule has 0 saturated carbocycles. The predicted molar refractivity (Wildman–Crippen MR) is 103 cm³/mol. The highest BCUT2D eigenvalue weighted by Crippen LogP contribution is 2.06. The van der Waals surface area contributed by atoms with E-state index < -0.39 is 12.1 Å². The smallest absolute Gasteiger partial charge is 0.243 e. The Hall–Kier alpha value is -2.66. The molecule has 138 valence electrons. The van der Waals surface area contributed by atoms with Crippen LogP contribution >= 0.6 is 0 Å². The van der Waals surface area contributed by atoms with Crippen molar-refractivity contribution in [2.75, 3.05) is 0 Å². The lowest BCUT2D eigenvalue weighted by molar-refractivity contribution is -0.130. The van der Waals surface area contributed by atoms with E-state index in [-0.39, 0.29) is 17.7 Å². The van der Waals surface area contributed by atoms with E-state index in [1.54, 1.807) is 0 Å². The quantitative estimate of drug-likeness (QED) is 0.679. The zero-order valence-electron chi connectivity index (χ0n) is 15.3. The minimum atomic E-state index is -0.668. The lowest BCUT2D eigenvalue weighted by Crippen LogP contribution is -2.53. The molecule has 0 aliphatic rings. The first-order chi connectivity index (χ1) is 12.5. The van der Waals surface area contributed by atoms with Gasteiger partial charge in [0.25, 0.3) is 0 Å². The minimum Gasteiger partial charge on any atom is -0.350 e. The standard InChI is InChI=1S/C21H27N3O2/c1-15(2)19(22)21(26)24-18(13-16-9-5-3-6-10-16)20(25)23-14-17-11-7-4-8-12-17/h3-12,15,18-19H,13-14,22H2,1-2H3,(H,23,25)(H,24,26)/t18-,19+/m0/s1. The van der Waals surface area contributed by atoms with Gasteiger partial charge in [-0.05, 0) is 17.0 Å². The molecule has 0 radical (unpaired) electrons. The molecule has 4 N–H and O–H groups in total. The second-order valence-corrected chi connectivity index (χ2v) is 6.72. The molecule has 0 spiro atoms. The summed E-state index contributed by atoms with van der Waals surface area (Å²) in [6.45, 7) is 4.18. The summed E-state index contributed by atoms with van der Waals surface area (Å²) in [5.41, 5.74) is 7.90. The van der Waals surface area contributed by atoms with Crippen molar-refractivity contribution < 1.29 is 9.59 Å². The predicted octanol–water partition coefficient (Wildman–Crippen LogP) is 2.01. The molecule has 2 aromatic carbocycles. The number of benzene rings is 2. The molecule has 2 amide bonds. The van der Waals surface area contributed by atoms with Crippen molar-refractivity contribution in [2.24, 2.45) is 11.7 Å². The number of rotatable bonds is 8. The molecule has 5 heteroatoms. The van der Waals surface area contributed by atoms with Crippen molar-refractivity contribution >= 4 is 11.8 Å². The Kier molecular flexibility index (Phi) is 7.36. The van der Waals surface area contributed by atoms with E-state index in [2.05, 4.69) is 10.6 Å². The molecule has 0 heterocycles. The van der Waals surface area contributed by atoms with E-state index in [0.717, 1.165) is 11.1 Å². The number of hydrogen-bond donors (Lipinski definition) is 3. The first-order valence-corrected chi connectivity index (χ1v) is 8.89. The monoisotopic (exact) mass is 353 g/mol. The highest BCUT2D eigenvalue weighted by atomic mass is 16.2. The topological polar surface area (TPSA) is 84.2 Å². The summed E-state index contributed by atoms with van der Waals surface area (Å²) in [5.74, 6) is -0.530. The Balaban J connectivity index is 2.05. The van der Waals surface area contributed by atoms with Crippen molar-refractivity contribution in [2.45, 2.75) is 38.9 Å². The summed E-state index contributed by atoms with van der Waals surface area (Å²) in [6.07, 6.45) is 0.415. The molecule has 0 fully saturated rings. The third-order valence-electron chi connectivity index (χ3n) is 4.25. The Labute approximate surface area is 155 Å². The maximum absolute atomic E-state index is 12.7. The maximum Gasteiger partial charge on any atom is 0.243 e. The van der Waals surface area contributed by atoms with E-state index >= 15 is 0 Å². The molecule has 26 heavy (non-hydrogen) atoms. The molecule has 0 aliphatic heterocycles. The number of nitrogens with two attached hydrogens (primary N) is 1. The summed E-state index contributed by atoms with van der Waals surface area (Å²) in [4.78, 5) is 25.0. The lowest BCUT2D eigenvalue weighted by atomic mass is 10.0. The molecule has 2 aromatic rings. The van der Waals surface area contributed by atoms with E-state index in [0.29, 0.717) is 13.0 Å².